The summed E-state index contributed by atoms with van der Waals surface area (Å²) in [5.74, 6) is 0.110. The molecule has 3 rings (SSSR count). The Balaban J connectivity index is 1.61. The van der Waals surface area contributed by atoms with Gasteiger partial charge in [0.1, 0.15) is 11.8 Å². The van der Waals surface area contributed by atoms with E-state index in [1.165, 1.54) is 0 Å². The van der Waals surface area contributed by atoms with E-state index in [1.54, 1.807) is 31.4 Å². The summed E-state index contributed by atoms with van der Waals surface area (Å²) in [6.45, 7) is 4.07. The molecule has 2 aromatic rings. The molecule has 7 nitrogen and oxygen atoms in total. The molecule has 3 N–H and O–H groups in total. The van der Waals surface area contributed by atoms with Gasteiger partial charge >= 0.3 is 0 Å². The van der Waals surface area contributed by atoms with Crippen LogP contribution in [0.2, 0.25) is 0 Å². The van der Waals surface area contributed by atoms with Gasteiger partial charge in [0.25, 0.3) is 5.91 Å². The van der Waals surface area contributed by atoms with Gasteiger partial charge in [-0.1, -0.05) is 38.1 Å². The standard InChI is InChI=1S/C23H27N3O4/c1-14(2)21(15-8-10-16(30-3)11-9-15)26-20(27)13-12-19-23(29)24-18-7-5-4-6-17(18)22(28)25-19/h4-11,14,19,21H,12-13H2,1-3H3,(H,24,29)(H,25,28)(H,26,27)/t19-,21-/m1/s1. The molecule has 0 spiro atoms. The Morgan fingerprint density at radius 3 is 2.47 bits per heavy atom. The number of methoxy groups -OCH3 is 1. The SMILES string of the molecule is COc1ccc([C@H](NC(=O)CC[C@H]2NC(=O)c3ccccc3NC2=O)C(C)C)cc1. The summed E-state index contributed by atoms with van der Waals surface area (Å²) in [5, 5.41) is 8.52. The molecule has 7 heteroatoms. The number of anilines is 1. The Hall–Kier alpha value is -3.35. The lowest BCUT2D eigenvalue weighted by Gasteiger charge is -2.23. The van der Waals surface area contributed by atoms with E-state index in [9.17, 15) is 14.4 Å². The van der Waals surface area contributed by atoms with Gasteiger partial charge in [-0.25, -0.2) is 0 Å². The summed E-state index contributed by atoms with van der Waals surface area (Å²) in [6.07, 6.45) is 0.332. The monoisotopic (exact) mass is 409 g/mol. The lowest BCUT2D eigenvalue weighted by molar-refractivity contribution is -0.122. The van der Waals surface area contributed by atoms with Crippen LogP contribution in [0.5, 0.6) is 5.75 Å². The van der Waals surface area contributed by atoms with Crippen LogP contribution in [0.15, 0.2) is 48.5 Å². The largest absolute Gasteiger partial charge is 0.497 e. The number of carbonyl (C=O) groups excluding carboxylic acids is 3. The van der Waals surface area contributed by atoms with Gasteiger partial charge in [0.2, 0.25) is 11.8 Å². The molecule has 0 saturated carbocycles. The van der Waals surface area contributed by atoms with Crippen molar-refractivity contribution in [2.75, 3.05) is 12.4 Å². The van der Waals surface area contributed by atoms with Crippen molar-refractivity contribution in [1.29, 1.82) is 0 Å². The van der Waals surface area contributed by atoms with E-state index in [2.05, 4.69) is 16.0 Å². The van der Waals surface area contributed by atoms with E-state index < -0.39 is 6.04 Å². The van der Waals surface area contributed by atoms with Gasteiger partial charge in [0.05, 0.1) is 24.4 Å². The van der Waals surface area contributed by atoms with Crippen molar-refractivity contribution in [3.63, 3.8) is 0 Å². The number of para-hydroxylation sites is 1. The van der Waals surface area contributed by atoms with Crippen molar-refractivity contribution >= 4 is 23.4 Å². The fourth-order valence-corrected chi connectivity index (χ4v) is 3.48. The zero-order chi connectivity index (χ0) is 21.7. The number of hydrogen-bond acceptors (Lipinski definition) is 4. The number of fused-ring (bicyclic) bond motifs is 1. The number of amides is 3. The first-order valence-electron chi connectivity index (χ1n) is 10.0. The van der Waals surface area contributed by atoms with Crippen molar-refractivity contribution in [3.05, 3.63) is 59.7 Å². The van der Waals surface area contributed by atoms with Crippen molar-refractivity contribution in [3.8, 4) is 5.75 Å². The zero-order valence-corrected chi connectivity index (χ0v) is 17.4. The summed E-state index contributed by atoms with van der Waals surface area (Å²) in [6, 6.07) is 13.5. The Bertz CT molecular complexity index is 924. The van der Waals surface area contributed by atoms with Crippen LogP contribution in [0.4, 0.5) is 5.69 Å². The first-order valence-corrected chi connectivity index (χ1v) is 10.0. The highest BCUT2D eigenvalue weighted by Crippen LogP contribution is 2.24. The summed E-state index contributed by atoms with van der Waals surface area (Å²) >= 11 is 0. The zero-order valence-electron chi connectivity index (χ0n) is 17.4. The molecule has 2 aromatic carbocycles. The molecule has 0 aromatic heterocycles. The normalized spacial score (nSPS) is 16.7. The Labute approximate surface area is 176 Å². The van der Waals surface area contributed by atoms with Crippen LogP contribution in [-0.2, 0) is 9.59 Å². The van der Waals surface area contributed by atoms with Crippen molar-refractivity contribution < 1.29 is 19.1 Å². The highest BCUT2D eigenvalue weighted by molar-refractivity contribution is 6.09. The van der Waals surface area contributed by atoms with Gasteiger partial charge in [-0.05, 0) is 42.2 Å². The molecular weight excluding hydrogens is 382 g/mol. The van der Waals surface area contributed by atoms with Crippen LogP contribution in [0.3, 0.4) is 0 Å². The van der Waals surface area contributed by atoms with E-state index >= 15 is 0 Å². The minimum absolute atomic E-state index is 0.119. The average Bonchev–Trinajstić information content (AvgIpc) is 2.86. The molecule has 1 aliphatic heterocycles. The Kier molecular flexibility index (Phi) is 6.72. The molecule has 30 heavy (non-hydrogen) atoms. The van der Waals surface area contributed by atoms with Gasteiger partial charge in [-0.15, -0.1) is 0 Å². The molecule has 0 bridgehead atoms. The molecule has 158 valence electrons. The summed E-state index contributed by atoms with van der Waals surface area (Å²) < 4.78 is 5.19. The summed E-state index contributed by atoms with van der Waals surface area (Å²) in [7, 11) is 1.61. The molecule has 3 amide bonds. The van der Waals surface area contributed by atoms with Crippen LogP contribution < -0.4 is 20.7 Å². The first kappa shape index (κ1) is 21.4. The molecule has 0 radical (unpaired) electrons. The molecule has 1 heterocycles. The third kappa shape index (κ3) is 4.97. The third-order valence-corrected chi connectivity index (χ3v) is 5.17. The van der Waals surface area contributed by atoms with E-state index in [1.807, 2.05) is 38.1 Å². The van der Waals surface area contributed by atoms with E-state index in [0.29, 0.717) is 11.3 Å². The lowest BCUT2D eigenvalue weighted by atomic mass is 9.95. The first-order chi connectivity index (χ1) is 14.4. The maximum Gasteiger partial charge on any atom is 0.254 e. The molecule has 0 unspecified atom stereocenters. The van der Waals surface area contributed by atoms with Crippen LogP contribution in [0.1, 0.15) is 48.7 Å². The Morgan fingerprint density at radius 2 is 1.80 bits per heavy atom. The minimum Gasteiger partial charge on any atom is -0.497 e. The van der Waals surface area contributed by atoms with Gasteiger partial charge in [-0.2, -0.15) is 0 Å². The summed E-state index contributed by atoms with van der Waals surface area (Å²) in [5.41, 5.74) is 1.87. The van der Waals surface area contributed by atoms with Crippen molar-refractivity contribution in [1.82, 2.24) is 10.6 Å². The van der Waals surface area contributed by atoms with E-state index in [4.69, 9.17) is 4.74 Å². The number of ether oxygens (including phenoxy) is 1. The van der Waals surface area contributed by atoms with Gasteiger partial charge in [-0.3, -0.25) is 14.4 Å². The highest BCUT2D eigenvalue weighted by atomic mass is 16.5. The molecule has 0 fully saturated rings. The van der Waals surface area contributed by atoms with Crippen LogP contribution in [-0.4, -0.2) is 30.9 Å². The van der Waals surface area contributed by atoms with Crippen LogP contribution >= 0.6 is 0 Å². The average molecular weight is 409 g/mol. The maximum absolute atomic E-state index is 12.6. The van der Waals surface area contributed by atoms with Crippen LogP contribution in [0.25, 0.3) is 0 Å². The number of nitrogens with one attached hydrogen (secondary N) is 3. The molecule has 1 aliphatic rings. The quantitative estimate of drug-likeness (QED) is 0.655. The third-order valence-electron chi connectivity index (χ3n) is 5.17. The number of hydrogen-bond donors (Lipinski definition) is 3. The Morgan fingerprint density at radius 1 is 1.10 bits per heavy atom. The molecule has 2 atom stereocenters. The number of rotatable bonds is 7. The second kappa shape index (κ2) is 9.43. The van der Waals surface area contributed by atoms with Crippen molar-refractivity contribution in [2.24, 2.45) is 5.92 Å². The summed E-state index contributed by atoms with van der Waals surface area (Å²) in [4.78, 5) is 37.5. The predicted molar refractivity (Wildman–Crippen MR) is 114 cm³/mol. The van der Waals surface area contributed by atoms with E-state index in [-0.39, 0.29) is 42.5 Å². The topological polar surface area (TPSA) is 96.5 Å². The molecule has 0 aliphatic carbocycles. The van der Waals surface area contributed by atoms with Gasteiger partial charge in [0, 0.05) is 6.42 Å². The highest BCUT2D eigenvalue weighted by Gasteiger charge is 2.28. The fraction of sp³-hybridized carbons (Fsp3) is 0.348. The second-order valence-electron chi connectivity index (χ2n) is 7.66. The smallest absolute Gasteiger partial charge is 0.254 e. The van der Waals surface area contributed by atoms with Gasteiger partial charge in [0.15, 0.2) is 0 Å². The fourth-order valence-electron chi connectivity index (χ4n) is 3.48. The second-order valence-corrected chi connectivity index (χ2v) is 7.66. The maximum atomic E-state index is 12.6. The predicted octanol–water partition coefficient (Wildman–Crippen LogP) is 3.04. The minimum atomic E-state index is -0.769. The molecule has 0 saturated heterocycles. The van der Waals surface area contributed by atoms with Crippen molar-refractivity contribution in [2.45, 2.75) is 38.8 Å². The van der Waals surface area contributed by atoms with Gasteiger partial charge < -0.3 is 20.7 Å². The molecular formula is C23H27N3O4. The van der Waals surface area contributed by atoms with E-state index in [0.717, 1.165) is 11.3 Å². The van der Waals surface area contributed by atoms with Crippen LogP contribution in [0, 0.1) is 5.92 Å². The number of carbonyl (C=O) groups is 3. The number of benzene rings is 2. The lowest BCUT2D eigenvalue weighted by Crippen LogP contribution is -2.42.